The third kappa shape index (κ3) is 2.41. The van der Waals surface area contributed by atoms with Crippen molar-refractivity contribution in [3.05, 3.63) is 17.7 Å². The van der Waals surface area contributed by atoms with E-state index in [0.717, 1.165) is 29.7 Å². The lowest BCUT2D eigenvalue weighted by molar-refractivity contribution is 0.274. The second-order valence-electron chi connectivity index (χ2n) is 6.47. The molecule has 1 saturated heterocycles. The fourth-order valence-electron chi connectivity index (χ4n) is 3.81. The fourth-order valence-corrected chi connectivity index (χ4v) is 3.81. The minimum absolute atomic E-state index is 0.00542. The Bertz CT molecular complexity index is 475. The highest BCUT2D eigenvalue weighted by molar-refractivity contribution is 5.51. The van der Waals surface area contributed by atoms with Gasteiger partial charge in [-0.1, -0.05) is 20.3 Å². The Hall–Kier alpha value is -1.16. The molecule has 2 fully saturated rings. The van der Waals surface area contributed by atoms with Crippen molar-refractivity contribution in [2.24, 2.45) is 5.92 Å². The van der Waals surface area contributed by atoms with Crippen LogP contribution in [-0.4, -0.2) is 27.7 Å². The van der Waals surface area contributed by atoms with Crippen LogP contribution in [0.15, 0.2) is 6.20 Å². The summed E-state index contributed by atoms with van der Waals surface area (Å²) in [7, 11) is 0. The number of fused-ring (bicyclic) bond motifs is 1. The molecule has 1 aliphatic carbocycles. The normalized spacial score (nSPS) is 26.1. The summed E-state index contributed by atoms with van der Waals surface area (Å²) in [4.78, 5) is 11.6. The van der Waals surface area contributed by atoms with Crippen LogP contribution in [0.3, 0.4) is 0 Å². The van der Waals surface area contributed by atoms with Gasteiger partial charge in [-0.25, -0.2) is 9.97 Å². The van der Waals surface area contributed by atoms with E-state index in [2.05, 4.69) is 28.7 Å². The minimum atomic E-state index is 0.00542. The Balaban J connectivity index is 1.92. The molecule has 20 heavy (non-hydrogen) atoms. The van der Waals surface area contributed by atoms with Gasteiger partial charge in [0, 0.05) is 18.5 Å². The summed E-state index contributed by atoms with van der Waals surface area (Å²) in [6, 6.07) is 0.641. The number of nitrogens with zero attached hydrogens (tertiary/aromatic N) is 3. The zero-order chi connectivity index (χ0) is 14.1. The van der Waals surface area contributed by atoms with Gasteiger partial charge in [0.2, 0.25) is 0 Å². The van der Waals surface area contributed by atoms with Crippen LogP contribution in [0.2, 0.25) is 0 Å². The molecule has 2 aliphatic rings. The summed E-state index contributed by atoms with van der Waals surface area (Å²) < 4.78 is 0. The maximum absolute atomic E-state index is 9.68. The largest absolute Gasteiger partial charge is 0.390 e. The predicted molar refractivity (Wildman–Crippen MR) is 79.8 cm³/mol. The third-order valence-corrected chi connectivity index (χ3v) is 4.83. The summed E-state index contributed by atoms with van der Waals surface area (Å²) in [5, 5.41) is 9.68. The molecule has 1 N–H and O–H groups in total. The second-order valence-corrected chi connectivity index (χ2v) is 6.47. The fraction of sp³-hybridized carbons (Fsp3) is 0.750. The van der Waals surface area contributed by atoms with Crippen LogP contribution in [-0.2, 0) is 6.61 Å². The molecule has 2 heterocycles. The molecular weight excluding hydrogens is 250 g/mol. The van der Waals surface area contributed by atoms with Crippen LogP contribution < -0.4 is 4.90 Å². The Labute approximate surface area is 121 Å². The van der Waals surface area contributed by atoms with E-state index in [1.807, 2.05) is 6.20 Å². The van der Waals surface area contributed by atoms with Crippen LogP contribution in [0.5, 0.6) is 0 Å². The summed E-state index contributed by atoms with van der Waals surface area (Å²) in [6.07, 6.45) is 8.53. The van der Waals surface area contributed by atoms with Crippen LogP contribution in [0.4, 0.5) is 5.69 Å². The predicted octanol–water partition coefficient (Wildman–Crippen LogP) is 2.86. The highest BCUT2D eigenvalue weighted by atomic mass is 16.3. The number of hydrogen-bond donors (Lipinski definition) is 1. The van der Waals surface area contributed by atoms with Crippen molar-refractivity contribution in [1.82, 2.24) is 9.97 Å². The standard InChI is InChI=1S/C16H25N3O/c1-11(2)16-17-9-15(13(10-20)18-16)19-8-4-6-12-5-3-7-14(12)19/h9,11-12,14,20H,3-8,10H2,1-2H3. The van der Waals surface area contributed by atoms with Crippen molar-refractivity contribution in [3.8, 4) is 0 Å². The molecule has 4 heteroatoms. The second kappa shape index (κ2) is 5.68. The molecule has 110 valence electrons. The molecule has 1 aliphatic heterocycles. The zero-order valence-corrected chi connectivity index (χ0v) is 12.5. The third-order valence-electron chi connectivity index (χ3n) is 4.83. The molecule has 3 rings (SSSR count). The van der Waals surface area contributed by atoms with E-state index in [9.17, 15) is 5.11 Å². The van der Waals surface area contributed by atoms with Crippen LogP contribution in [0, 0.1) is 5.92 Å². The molecule has 2 atom stereocenters. The average Bonchev–Trinajstić information content (AvgIpc) is 2.94. The van der Waals surface area contributed by atoms with E-state index in [-0.39, 0.29) is 6.61 Å². The van der Waals surface area contributed by atoms with Crippen molar-refractivity contribution in [2.45, 2.75) is 64.5 Å². The minimum Gasteiger partial charge on any atom is -0.390 e. The molecule has 4 nitrogen and oxygen atoms in total. The summed E-state index contributed by atoms with van der Waals surface area (Å²) in [6.45, 7) is 5.26. The van der Waals surface area contributed by atoms with Crippen molar-refractivity contribution in [1.29, 1.82) is 0 Å². The molecular formula is C16H25N3O. The molecule has 2 unspecified atom stereocenters. The summed E-state index contributed by atoms with van der Waals surface area (Å²) in [5.74, 6) is 1.97. The number of aliphatic hydroxyl groups is 1. The number of anilines is 1. The Morgan fingerprint density at radius 2 is 2.10 bits per heavy atom. The lowest BCUT2D eigenvalue weighted by Gasteiger charge is -2.40. The topological polar surface area (TPSA) is 49.2 Å². The van der Waals surface area contributed by atoms with Gasteiger partial charge in [-0.15, -0.1) is 0 Å². The number of hydrogen-bond acceptors (Lipinski definition) is 4. The Morgan fingerprint density at radius 1 is 1.30 bits per heavy atom. The van der Waals surface area contributed by atoms with Gasteiger partial charge in [0.1, 0.15) is 5.82 Å². The van der Waals surface area contributed by atoms with E-state index < -0.39 is 0 Å². The SMILES string of the molecule is CC(C)c1ncc(N2CCCC3CCCC32)c(CO)n1. The number of piperidine rings is 1. The molecule has 0 amide bonds. The van der Waals surface area contributed by atoms with Gasteiger partial charge in [-0.3, -0.25) is 0 Å². The van der Waals surface area contributed by atoms with Gasteiger partial charge in [0.25, 0.3) is 0 Å². The van der Waals surface area contributed by atoms with Crippen LogP contribution in [0.1, 0.15) is 63.4 Å². The Kier molecular flexibility index (Phi) is 3.92. The van der Waals surface area contributed by atoms with Crippen molar-refractivity contribution < 1.29 is 5.11 Å². The van der Waals surface area contributed by atoms with Crippen molar-refractivity contribution in [3.63, 3.8) is 0 Å². The van der Waals surface area contributed by atoms with Gasteiger partial charge in [-0.2, -0.15) is 0 Å². The maximum atomic E-state index is 9.68. The quantitative estimate of drug-likeness (QED) is 0.921. The highest BCUT2D eigenvalue weighted by Crippen LogP contribution is 2.39. The van der Waals surface area contributed by atoms with Crippen molar-refractivity contribution in [2.75, 3.05) is 11.4 Å². The first kappa shape index (κ1) is 13.8. The van der Waals surface area contributed by atoms with Crippen LogP contribution >= 0.6 is 0 Å². The zero-order valence-electron chi connectivity index (χ0n) is 12.5. The van der Waals surface area contributed by atoms with E-state index >= 15 is 0 Å². The molecule has 1 aromatic heterocycles. The van der Waals surface area contributed by atoms with Gasteiger partial charge in [0.05, 0.1) is 24.2 Å². The monoisotopic (exact) mass is 275 g/mol. The molecule has 1 saturated carbocycles. The van der Waals surface area contributed by atoms with Crippen LogP contribution in [0.25, 0.3) is 0 Å². The van der Waals surface area contributed by atoms with Gasteiger partial charge in [0.15, 0.2) is 0 Å². The molecule has 0 bridgehead atoms. The molecule has 0 aromatic carbocycles. The summed E-state index contributed by atoms with van der Waals surface area (Å²) in [5.41, 5.74) is 1.87. The summed E-state index contributed by atoms with van der Waals surface area (Å²) >= 11 is 0. The molecule has 1 aromatic rings. The number of aromatic nitrogens is 2. The maximum Gasteiger partial charge on any atom is 0.131 e. The average molecular weight is 275 g/mol. The first-order valence-electron chi connectivity index (χ1n) is 7.94. The molecule has 0 spiro atoms. The van der Waals surface area contributed by atoms with E-state index in [4.69, 9.17) is 0 Å². The molecule has 0 radical (unpaired) electrons. The lowest BCUT2D eigenvalue weighted by atomic mass is 9.91. The van der Waals surface area contributed by atoms with E-state index in [1.165, 1.54) is 32.1 Å². The lowest BCUT2D eigenvalue weighted by Crippen LogP contribution is -2.43. The first-order valence-corrected chi connectivity index (χ1v) is 7.94. The number of rotatable bonds is 3. The number of aliphatic hydroxyl groups excluding tert-OH is 1. The van der Waals surface area contributed by atoms with Gasteiger partial charge < -0.3 is 10.0 Å². The highest BCUT2D eigenvalue weighted by Gasteiger charge is 2.36. The van der Waals surface area contributed by atoms with E-state index in [1.54, 1.807) is 0 Å². The van der Waals surface area contributed by atoms with E-state index in [0.29, 0.717) is 12.0 Å². The van der Waals surface area contributed by atoms with Gasteiger partial charge in [-0.05, 0) is 31.6 Å². The van der Waals surface area contributed by atoms with Crippen molar-refractivity contribution >= 4 is 5.69 Å². The Morgan fingerprint density at radius 3 is 2.85 bits per heavy atom. The van der Waals surface area contributed by atoms with Gasteiger partial charge >= 0.3 is 0 Å². The smallest absolute Gasteiger partial charge is 0.131 e. The first-order chi connectivity index (χ1) is 9.70.